The number of methoxy groups -OCH3 is 1. The number of hydrogen-bond donors (Lipinski definition) is 2. The van der Waals surface area contributed by atoms with Gasteiger partial charge in [-0.3, -0.25) is 13.8 Å². The Hall–Kier alpha value is -3.58. The monoisotopic (exact) mass is 663 g/mol. The Morgan fingerprint density at radius 1 is 0.800 bits per heavy atom. The zero-order valence-corrected chi connectivity index (χ0v) is 24.9. The Morgan fingerprint density at radius 3 is 1.93 bits per heavy atom. The number of amides is 1. The molecule has 0 atom stereocenters. The van der Waals surface area contributed by atoms with E-state index < -0.39 is 32.5 Å². The molecule has 40 heavy (non-hydrogen) atoms. The lowest BCUT2D eigenvalue weighted by Gasteiger charge is -2.24. The summed E-state index contributed by atoms with van der Waals surface area (Å²) in [6, 6.07) is 24.0. The maximum Gasteiger partial charge on any atom is 0.264 e. The highest BCUT2D eigenvalue weighted by atomic mass is 79.9. The molecule has 0 spiro atoms. The molecule has 0 aromatic heterocycles. The highest BCUT2D eigenvalue weighted by Gasteiger charge is 2.27. The van der Waals surface area contributed by atoms with Gasteiger partial charge >= 0.3 is 0 Å². The Labute approximate surface area is 246 Å². The van der Waals surface area contributed by atoms with Gasteiger partial charge in [-0.25, -0.2) is 16.8 Å². The summed E-state index contributed by atoms with van der Waals surface area (Å²) in [5.41, 5.74) is 0.905. The van der Waals surface area contributed by atoms with Crippen LogP contribution in [0.3, 0.4) is 0 Å². The lowest BCUT2D eigenvalue weighted by molar-refractivity contribution is -0.114. The van der Waals surface area contributed by atoms with Crippen molar-refractivity contribution in [3.8, 4) is 5.75 Å². The van der Waals surface area contributed by atoms with Crippen LogP contribution >= 0.6 is 27.5 Å². The number of halogens is 2. The minimum atomic E-state index is -4.15. The summed E-state index contributed by atoms with van der Waals surface area (Å²) in [6.45, 7) is -0.554. The van der Waals surface area contributed by atoms with Crippen LogP contribution in [-0.4, -0.2) is 36.4 Å². The maximum atomic E-state index is 13.5. The van der Waals surface area contributed by atoms with E-state index in [1.165, 1.54) is 79.9 Å². The van der Waals surface area contributed by atoms with Crippen molar-refractivity contribution in [2.45, 2.75) is 9.79 Å². The van der Waals surface area contributed by atoms with Crippen LogP contribution in [-0.2, 0) is 24.8 Å². The molecule has 0 saturated carbocycles. The predicted octanol–water partition coefficient (Wildman–Crippen LogP) is 5.75. The number of nitrogens with one attached hydrogen (secondary N) is 2. The number of carbonyl (C=O) groups is 1. The van der Waals surface area contributed by atoms with Gasteiger partial charge in [-0.1, -0.05) is 27.5 Å². The number of sulfonamides is 2. The van der Waals surface area contributed by atoms with E-state index in [4.69, 9.17) is 16.3 Å². The van der Waals surface area contributed by atoms with E-state index in [2.05, 4.69) is 26.0 Å². The fraction of sp³-hybridized carbons (Fsp3) is 0.0741. The summed E-state index contributed by atoms with van der Waals surface area (Å²) in [5, 5.41) is 3.02. The third-order valence-corrected chi connectivity index (χ3v) is 9.56. The van der Waals surface area contributed by atoms with Crippen LogP contribution in [0.15, 0.2) is 111 Å². The normalized spacial score (nSPS) is 11.5. The van der Waals surface area contributed by atoms with Gasteiger partial charge in [0, 0.05) is 20.9 Å². The van der Waals surface area contributed by atoms with Crippen molar-refractivity contribution in [2.24, 2.45) is 0 Å². The molecule has 0 radical (unpaired) electrons. The summed E-state index contributed by atoms with van der Waals surface area (Å²) in [4.78, 5) is 12.9. The highest BCUT2D eigenvalue weighted by Crippen LogP contribution is 2.27. The van der Waals surface area contributed by atoms with E-state index in [0.717, 1.165) is 8.78 Å². The van der Waals surface area contributed by atoms with Crippen LogP contribution in [0.2, 0.25) is 5.02 Å². The molecule has 0 aliphatic carbocycles. The summed E-state index contributed by atoms with van der Waals surface area (Å²) in [7, 11) is -6.56. The van der Waals surface area contributed by atoms with Gasteiger partial charge in [0.15, 0.2) is 0 Å². The van der Waals surface area contributed by atoms with E-state index >= 15 is 0 Å². The molecule has 208 valence electrons. The van der Waals surface area contributed by atoms with E-state index in [9.17, 15) is 21.6 Å². The van der Waals surface area contributed by atoms with Gasteiger partial charge in [0.1, 0.15) is 12.3 Å². The molecule has 0 aliphatic heterocycles. The first kappa shape index (κ1) is 29.4. The standard InChI is InChI=1S/C27H23BrClN3O6S2/c1-38-24-12-16-26(17-13-24)40(36,37)32(23-10-4-20(29)5-11-23)18-27(33)30-21-8-14-25(15-9-21)39(34,35)31-22-6-2-19(28)3-7-22/h2-17,31H,18H2,1H3,(H,30,33). The maximum absolute atomic E-state index is 13.5. The number of benzene rings is 4. The predicted molar refractivity (Wildman–Crippen MR) is 159 cm³/mol. The number of ether oxygens (including phenoxy) is 1. The average molecular weight is 665 g/mol. The Kier molecular flexibility index (Phi) is 9.04. The summed E-state index contributed by atoms with van der Waals surface area (Å²) >= 11 is 9.28. The Morgan fingerprint density at radius 2 is 1.35 bits per heavy atom. The van der Waals surface area contributed by atoms with Crippen molar-refractivity contribution in [1.29, 1.82) is 0 Å². The van der Waals surface area contributed by atoms with Gasteiger partial charge in [-0.15, -0.1) is 0 Å². The van der Waals surface area contributed by atoms with Crippen molar-refractivity contribution < 1.29 is 26.4 Å². The molecule has 4 aromatic rings. The van der Waals surface area contributed by atoms with Gasteiger partial charge in [0.05, 0.1) is 22.6 Å². The van der Waals surface area contributed by atoms with E-state index in [1.54, 1.807) is 24.3 Å². The number of nitrogens with zero attached hydrogens (tertiary/aromatic N) is 1. The molecule has 0 heterocycles. The van der Waals surface area contributed by atoms with Crippen LogP contribution in [0.5, 0.6) is 5.75 Å². The quantitative estimate of drug-likeness (QED) is 0.223. The first-order valence-electron chi connectivity index (χ1n) is 11.6. The first-order chi connectivity index (χ1) is 19.0. The summed E-state index contributed by atoms with van der Waals surface area (Å²) in [6.07, 6.45) is 0. The fourth-order valence-electron chi connectivity index (χ4n) is 3.58. The lowest BCUT2D eigenvalue weighted by atomic mass is 10.3. The molecular weight excluding hydrogens is 642 g/mol. The van der Waals surface area contributed by atoms with Crippen molar-refractivity contribution in [3.63, 3.8) is 0 Å². The Bertz CT molecular complexity index is 1700. The van der Waals surface area contributed by atoms with Crippen LogP contribution < -0.4 is 19.1 Å². The van der Waals surface area contributed by atoms with Gasteiger partial charge in [-0.2, -0.15) is 0 Å². The minimum Gasteiger partial charge on any atom is -0.497 e. The van der Waals surface area contributed by atoms with Gasteiger partial charge < -0.3 is 10.1 Å². The van der Waals surface area contributed by atoms with E-state index in [0.29, 0.717) is 16.5 Å². The minimum absolute atomic E-state index is 0.0155. The van der Waals surface area contributed by atoms with Crippen molar-refractivity contribution in [1.82, 2.24) is 0 Å². The van der Waals surface area contributed by atoms with Crippen LogP contribution in [0.25, 0.3) is 0 Å². The molecule has 4 aromatic carbocycles. The fourth-order valence-corrected chi connectivity index (χ4v) is 6.45. The van der Waals surface area contributed by atoms with Gasteiger partial charge in [-0.05, 0) is 97.1 Å². The van der Waals surface area contributed by atoms with Gasteiger partial charge in [0.2, 0.25) is 5.91 Å². The summed E-state index contributed by atoms with van der Waals surface area (Å²) < 4.78 is 61.9. The lowest BCUT2D eigenvalue weighted by Crippen LogP contribution is -2.38. The molecule has 9 nitrogen and oxygen atoms in total. The number of rotatable bonds is 10. The topological polar surface area (TPSA) is 122 Å². The number of hydrogen-bond acceptors (Lipinski definition) is 6. The van der Waals surface area contributed by atoms with E-state index in [1.807, 2.05) is 0 Å². The largest absolute Gasteiger partial charge is 0.497 e. The third kappa shape index (κ3) is 7.13. The molecule has 0 saturated heterocycles. The molecule has 4 rings (SSSR count). The second kappa shape index (κ2) is 12.3. The van der Waals surface area contributed by atoms with Crippen molar-refractivity contribution in [2.75, 3.05) is 28.0 Å². The van der Waals surface area contributed by atoms with Crippen LogP contribution in [0.1, 0.15) is 0 Å². The zero-order valence-electron chi connectivity index (χ0n) is 20.9. The van der Waals surface area contributed by atoms with Gasteiger partial charge in [0.25, 0.3) is 20.0 Å². The second-order valence-electron chi connectivity index (χ2n) is 8.35. The first-order valence-corrected chi connectivity index (χ1v) is 15.7. The molecular formula is C27H23BrClN3O6S2. The molecule has 0 fully saturated rings. The number of anilines is 3. The Balaban J connectivity index is 1.52. The smallest absolute Gasteiger partial charge is 0.264 e. The molecule has 0 bridgehead atoms. The van der Waals surface area contributed by atoms with Crippen LogP contribution in [0.4, 0.5) is 17.1 Å². The average Bonchev–Trinajstić information content (AvgIpc) is 2.94. The number of carbonyl (C=O) groups excluding carboxylic acids is 1. The molecule has 0 unspecified atom stereocenters. The second-order valence-corrected chi connectivity index (χ2v) is 13.2. The highest BCUT2D eigenvalue weighted by molar-refractivity contribution is 9.10. The van der Waals surface area contributed by atoms with Crippen molar-refractivity contribution in [3.05, 3.63) is 107 Å². The molecule has 2 N–H and O–H groups in total. The molecule has 0 aliphatic rings. The zero-order chi connectivity index (χ0) is 28.9. The summed E-state index contributed by atoms with van der Waals surface area (Å²) in [5.74, 6) is -0.164. The SMILES string of the molecule is COc1ccc(S(=O)(=O)N(CC(=O)Nc2ccc(S(=O)(=O)Nc3ccc(Br)cc3)cc2)c2ccc(Cl)cc2)cc1. The van der Waals surface area contributed by atoms with Crippen LogP contribution in [0, 0.1) is 0 Å². The van der Waals surface area contributed by atoms with E-state index in [-0.39, 0.29) is 21.2 Å². The van der Waals surface area contributed by atoms with Crippen molar-refractivity contribution >= 4 is 70.5 Å². The molecule has 1 amide bonds. The third-order valence-electron chi connectivity index (χ3n) is 5.59. The molecule has 13 heteroatoms.